The molecule has 0 saturated carbocycles. The third-order valence-corrected chi connectivity index (χ3v) is 3.41. The standard InChI is InChI=1S/C13H23N3OS/c1-8(2)7-11-13(18-10(4)15-11)16-12(17)6-5-9(3)14/h8-9H,5-7,14H2,1-4H3,(H,16,17). The minimum absolute atomic E-state index is 0.0287. The average Bonchev–Trinajstić information content (AvgIpc) is 2.55. The maximum absolute atomic E-state index is 11.8. The van der Waals surface area contributed by atoms with Gasteiger partial charge in [-0.2, -0.15) is 0 Å². The molecule has 1 atom stereocenters. The molecule has 1 aromatic heterocycles. The molecule has 0 spiro atoms. The molecule has 102 valence electrons. The summed E-state index contributed by atoms with van der Waals surface area (Å²) in [5.41, 5.74) is 6.65. The first kappa shape index (κ1) is 15.1. The smallest absolute Gasteiger partial charge is 0.225 e. The van der Waals surface area contributed by atoms with E-state index in [0.717, 1.165) is 22.1 Å². The molecule has 5 heteroatoms. The fraction of sp³-hybridized carbons (Fsp3) is 0.692. The molecule has 1 amide bonds. The molecule has 0 aromatic carbocycles. The highest BCUT2D eigenvalue weighted by molar-refractivity contribution is 7.16. The van der Waals surface area contributed by atoms with Gasteiger partial charge in [-0.05, 0) is 32.6 Å². The van der Waals surface area contributed by atoms with Gasteiger partial charge < -0.3 is 11.1 Å². The Morgan fingerprint density at radius 3 is 2.67 bits per heavy atom. The van der Waals surface area contributed by atoms with Crippen molar-refractivity contribution in [2.24, 2.45) is 11.7 Å². The van der Waals surface area contributed by atoms with E-state index in [-0.39, 0.29) is 11.9 Å². The van der Waals surface area contributed by atoms with Gasteiger partial charge in [0, 0.05) is 12.5 Å². The summed E-state index contributed by atoms with van der Waals surface area (Å²) < 4.78 is 0. The highest BCUT2D eigenvalue weighted by Gasteiger charge is 2.13. The number of hydrogen-bond acceptors (Lipinski definition) is 4. The summed E-state index contributed by atoms with van der Waals surface area (Å²) in [5.74, 6) is 0.562. The lowest BCUT2D eigenvalue weighted by molar-refractivity contribution is -0.116. The monoisotopic (exact) mass is 269 g/mol. The number of aryl methyl sites for hydroxylation is 1. The molecule has 1 unspecified atom stereocenters. The van der Waals surface area contributed by atoms with Gasteiger partial charge in [-0.1, -0.05) is 13.8 Å². The molecule has 0 radical (unpaired) electrons. The van der Waals surface area contributed by atoms with Crippen LogP contribution in [-0.4, -0.2) is 16.9 Å². The number of nitrogens with one attached hydrogen (secondary N) is 1. The third kappa shape index (κ3) is 5.14. The minimum Gasteiger partial charge on any atom is -0.328 e. The maximum Gasteiger partial charge on any atom is 0.225 e. The molecule has 1 rings (SSSR count). The summed E-state index contributed by atoms with van der Waals surface area (Å²) in [4.78, 5) is 16.3. The lowest BCUT2D eigenvalue weighted by atomic mass is 10.1. The number of anilines is 1. The van der Waals surface area contributed by atoms with Crippen LogP contribution in [0.5, 0.6) is 0 Å². The lowest BCUT2D eigenvalue weighted by Gasteiger charge is -2.08. The van der Waals surface area contributed by atoms with Gasteiger partial charge >= 0.3 is 0 Å². The van der Waals surface area contributed by atoms with Crippen LogP contribution in [0.25, 0.3) is 0 Å². The van der Waals surface area contributed by atoms with Crippen LogP contribution in [0, 0.1) is 12.8 Å². The second-order valence-corrected chi connectivity index (χ2v) is 6.37. The summed E-state index contributed by atoms with van der Waals surface area (Å²) in [6.07, 6.45) is 2.08. The zero-order chi connectivity index (χ0) is 13.7. The number of nitrogens with zero attached hydrogens (tertiary/aromatic N) is 1. The Bertz CT molecular complexity index is 399. The molecule has 4 nitrogen and oxygen atoms in total. The Balaban J connectivity index is 2.62. The Morgan fingerprint density at radius 1 is 1.44 bits per heavy atom. The topological polar surface area (TPSA) is 68.0 Å². The number of aromatic nitrogens is 1. The predicted molar refractivity (Wildman–Crippen MR) is 76.9 cm³/mol. The molecule has 0 aliphatic rings. The number of amides is 1. The Morgan fingerprint density at radius 2 is 2.11 bits per heavy atom. The van der Waals surface area contributed by atoms with E-state index in [1.165, 1.54) is 0 Å². The summed E-state index contributed by atoms with van der Waals surface area (Å²) in [6, 6.07) is 0.0640. The van der Waals surface area contributed by atoms with Crippen molar-refractivity contribution in [3.8, 4) is 0 Å². The molecular formula is C13H23N3OS. The zero-order valence-corrected chi connectivity index (χ0v) is 12.4. The molecule has 1 heterocycles. The van der Waals surface area contributed by atoms with Gasteiger partial charge in [0.15, 0.2) is 0 Å². The first-order valence-electron chi connectivity index (χ1n) is 6.40. The molecule has 0 aliphatic heterocycles. The highest BCUT2D eigenvalue weighted by atomic mass is 32.1. The van der Waals surface area contributed by atoms with Crippen molar-refractivity contribution in [2.45, 2.75) is 53.0 Å². The van der Waals surface area contributed by atoms with Crippen LogP contribution in [0.3, 0.4) is 0 Å². The van der Waals surface area contributed by atoms with Gasteiger partial charge in [0.25, 0.3) is 0 Å². The Hall–Kier alpha value is -0.940. The summed E-state index contributed by atoms with van der Waals surface area (Å²) in [7, 11) is 0. The van der Waals surface area contributed by atoms with E-state index in [1.54, 1.807) is 11.3 Å². The number of carbonyl (C=O) groups excluding carboxylic acids is 1. The van der Waals surface area contributed by atoms with Crippen molar-refractivity contribution in [1.82, 2.24) is 4.98 Å². The lowest BCUT2D eigenvalue weighted by Crippen LogP contribution is -2.19. The van der Waals surface area contributed by atoms with Gasteiger partial charge in [0.1, 0.15) is 5.00 Å². The number of carbonyl (C=O) groups is 1. The summed E-state index contributed by atoms with van der Waals surface area (Å²) >= 11 is 1.54. The second kappa shape index (κ2) is 6.85. The van der Waals surface area contributed by atoms with Crippen molar-refractivity contribution in [1.29, 1.82) is 0 Å². The molecule has 3 N–H and O–H groups in total. The van der Waals surface area contributed by atoms with Crippen molar-refractivity contribution >= 4 is 22.2 Å². The van der Waals surface area contributed by atoms with E-state index >= 15 is 0 Å². The van der Waals surface area contributed by atoms with E-state index in [2.05, 4.69) is 24.1 Å². The largest absolute Gasteiger partial charge is 0.328 e. The summed E-state index contributed by atoms with van der Waals surface area (Å²) in [6.45, 7) is 8.17. The van der Waals surface area contributed by atoms with Gasteiger partial charge in [0.2, 0.25) is 5.91 Å². The first-order valence-corrected chi connectivity index (χ1v) is 7.22. The van der Waals surface area contributed by atoms with Crippen LogP contribution < -0.4 is 11.1 Å². The number of hydrogen-bond donors (Lipinski definition) is 2. The van der Waals surface area contributed by atoms with Crippen molar-refractivity contribution in [3.63, 3.8) is 0 Å². The average molecular weight is 269 g/mol. The van der Waals surface area contributed by atoms with E-state index in [1.807, 2.05) is 13.8 Å². The van der Waals surface area contributed by atoms with Crippen LogP contribution in [0.15, 0.2) is 0 Å². The van der Waals surface area contributed by atoms with Gasteiger partial charge in [0.05, 0.1) is 10.7 Å². The second-order valence-electron chi connectivity index (χ2n) is 5.17. The molecule has 0 saturated heterocycles. The van der Waals surface area contributed by atoms with Gasteiger partial charge in [-0.3, -0.25) is 4.79 Å². The minimum atomic E-state index is 0.0287. The van der Waals surface area contributed by atoms with Crippen LogP contribution in [0.1, 0.15) is 44.3 Å². The van der Waals surface area contributed by atoms with E-state index in [9.17, 15) is 4.79 Å². The van der Waals surface area contributed by atoms with Crippen molar-refractivity contribution < 1.29 is 4.79 Å². The fourth-order valence-electron chi connectivity index (χ4n) is 1.64. The SMILES string of the molecule is Cc1nc(CC(C)C)c(NC(=O)CCC(C)N)s1. The number of rotatable bonds is 6. The van der Waals surface area contributed by atoms with Gasteiger partial charge in [-0.15, -0.1) is 11.3 Å². The van der Waals surface area contributed by atoms with Gasteiger partial charge in [-0.25, -0.2) is 4.98 Å². The fourth-order valence-corrected chi connectivity index (χ4v) is 2.50. The quantitative estimate of drug-likeness (QED) is 0.834. The van der Waals surface area contributed by atoms with Crippen LogP contribution in [-0.2, 0) is 11.2 Å². The normalized spacial score (nSPS) is 12.8. The number of thiazole rings is 1. The maximum atomic E-state index is 11.8. The highest BCUT2D eigenvalue weighted by Crippen LogP contribution is 2.26. The molecular weight excluding hydrogens is 246 g/mol. The van der Waals surface area contributed by atoms with Crippen LogP contribution >= 0.6 is 11.3 Å². The Kier molecular flexibility index (Phi) is 5.75. The molecule has 0 fully saturated rings. The molecule has 0 bridgehead atoms. The third-order valence-electron chi connectivity index (χ3n) is 2.49. The van der Waals surface area contributed by atoms with Crippen molar-refractivity contribution in [3.05, 3.63) is 10.7 Å². The first-order chi connectivity index (χ1) is 8.38. The van der Waals surface area contributed by atoms with E-state index < -0.39 is 0 Å². The molecule has 1 aromatic rings. The molecule has 18 heavy (non-hydrogen) atoms. The molecule has 0 aliphatic carbocycles. The number of nitrogens with two attached hydrogens (primary N) is 1. The zero-order valence-electron chi connectivity index (χ0n) is 11.6. The van der Waals surface area contributed by atoms with Crippen molar-refractivity contribution in [2.75, 3.05) is 5.32 Å². The van der Waals surface area contributed by atoms with Crippen LogP contribution in [0.4, 0.5) is 5.00 Å². The predicted octanol–water partition coefficient (Wildman–Crippen LogP) is 2.72. The van der Waals surface area contributed by atoms with E-state index in [4.69, 9.17) is 5.73 Å². The van der Waals surface area contributed by atoms with E-state index in [0.29, 0.717) is 18.8 Å². The Labute approximate surface area is 113 Å². The van der Waals surface area contributed by atoms with Crippen LogP contribution in [0.2, 0.25) is 0 Å². The summed E-state index contributed by atoms with van der Waals surface area (Å²) in [5, 5.41) is 4.85.